The molecular weight excluding hydrogens is 402 g/mol. The minimum Gasteiger partial charge on any atom is -0.493 e. The van der Waals surface area contributed by atoms with Gasteiger partial charge in [0.2, 0.25) is 0 Å². The molecule has 0 aliphatic carbocycles. The van der Waals surface area contributed by atoms with Crippen LogP contribution in [-0.2, 0) is 0 Å². The Kier molecular flexibility index (Phi) is 6.81. The van der Waals surface area contributed by atoms with Crippen molar-refractivity contribution in [2.75, 3.05) is 40.4 Å². The third-order valence-corrected chi connectivity index (χ3v) is 6.10. The van der Waals surface area contributed by atoms with Crippen molar-refractivity contribution in [2.24, 2.45) is 0 Å². The number of methoxy groups -OCH3 is 2. The first-order valence-electron chi connectivity index (χ1n) is 11.1. The summed E-state index contributed by atoms with van der Waals surface area (Å²) >= 11 is 0. The number of nitrogens with zero attached hydrogens (tertiary/aromatic N) is 2. The molecule has 0 radical (unpaired) electrons. The molecule has 168 valence electrons. The number of hydrogen-bond acceptors (Lipinski definition) is 4. The summed E-state index contributed by atoms with van der Waals surface area (Å²) in [6.07, 6.45) is 2.50. The smallest absolute Gasteiger partial charge is 0.253 e. The zero-order chi connectivity index (χ0) is 22.5. The minimum atomic E-state index is -0.0434. The van der Waals surface area contributed by atoms with Crippen LogP contribution in [0.15, 0.2) is 54.6 Å². The van der Waals surface area contributed by atoms with Crippen molar-refractivity contribution >= 4 is 5.91 Å². The van der Waals surface area contributed by atoms with E-state index in [1.165, 1.54) is 12.8 Å². The van der Waals surface area contributed by atoms with Crippen molar-refractivity contribution in [2.45, 2.75) is 19.8 Å². The molecule has 1 fully saturated rings. The molecule has 1 aliphatic heterocycles. The van der Waals surface area contributed by atoms with Crippen LogP contribution in [-0.4, -0.2) is 55.8 Å². The number of hydrogen-bond donors (Lipinski definition) is 1. The maximum atomic E-state index is 13.1. The molecule has 3 aromatic rings. The Morgan fingerprint density at radius 2 is 1.69 bits per heavy atom. The van der Waals surface area contributed by atoms with Crippen molar-refractivity contribution in [1.29, 1.82) is 0 Å². The quantitative estimate of drug-likeness (QED) is 0.576. The Bertz CT molecular complexity index is 1070. The number of aromatic nitrogens is 1. The van der Waals surface area contributed by atoms with Gasteiger partial charge in [-0.25, -0.2) is 0 Å². The Labute approximate surface area is 189 Å². The molecule has 1 amide bonds. The van der Waals surface area contributed by atoms with Gasteiger partial charge >= 0.3 is 0 Å². The zero-order valence-electron chi connectivity index (χ0n) is 19.1. The van der Waals surface area contributed by atoms with E-state index in [0.717, 1.165) is 42.3 Å². The number of carbonyl (C=O) groups excluding carboxylic acids is 1. The normalized spacial score (nSPS) is 13.8. The van der Waals surface area contributed by atoms with E-state index in [1.807, 2.05) is 49.4 Å². The molecule has 1 aromatic heterocycles. The van der Waals surface area contributed by atoms with Gasteiger partial charge in [0.15, 0.2) is 11.5 Å². The van der Waals surface area contributed by atoms with Gasteiger partial charge in [0.1, 0.15) is 0 Å². The van der Waals surface area contributed by atoms with E-state index in [9.17, 15) is 4.79 Å². The molecule has 0 spiro atoms. The summed E-state index contributed by atoms with van der Waals surface area (Å²) < 4.78 is 13.0. The van der Waals surface area contributed by atoms with E-state index in [4.69, 9.17) is 9.47 Å². The lowest BCUT2D eigenvalue weighted by molar-refractivity contribution is 0.0949. The van der Waals surface area contributed by atoms with Crippen molar-refractivity contribution in [1.82, 2.24) is 14.8 Å². The SMILES string of the molecule is COc1ccc(-n2c(-c3ccccc3)cc(C(=O)NCCN3CCCC3)c2C)cc1OC. The highest BCUT2D eigenvalue weighted by molar-refractivity contribution is 5.97. The number of rotatable bonds is 8. The van der Waals surface area contributed by atoms with Gasteiger partial charge in [-0.3, -0.25) is 4.79 Å². The van der Waals surface area contributed by atoms with Crippen LogP contribution in [0.1, 0.15) is 28.9 Å². The molecule has 1 aliphatic rings. The fourth-order valence-corrected chi connectivity index (χ4v) is 4.38. The largest absolute Gasteiger partial charge is 0.493 e. The monoisotopic (exact) mass is 433 g/mol. The Balaban J connectivity index is 1.68. The zero-order valence-corrected chi connectivity index (χ0v) is 19.1. The molecule has 1 N–H and O–H groups in total. The Morgan fingerprint density at radius 1 is 0.969 bits per heavy atom. The summed E-state index contributed by atoms with van der Waals surface area (Å²) in [5, 5.41) is 3.11. The lowest BCUT2D eigenvalue weighted by Gasteiger charge is -2.16. The molecule has 0 unspecified atom stereocenters. The predicted molar refractivity (Wildman–Crippen MR) is 127 cm³/mol. The minimum absolute atomic E-state index is 0.0434. The van der Waals surface area contributed by atoms with Gasteiger partial charge in [-0.1, -0.05) is 30.3 Å². The van der Waals surface area contributed by atoms with E-state index < -0.39 is 0 Å². The number of benzene rings is 2. The second-order valence-corrected chi connectivity index (χ2v) is 8.07. The molecule has 0 saturated carbocycles. The lowest BCUT2D eigenvalue weighted by Crippen LogP contribution is -2.33. The summed E-state index contributed by atoms with van der Waals surface area (Å²) in [6, 6.07) is 17.9. The standard InChI is InChI=1S/C26H31N3O3/c1-19-22(26(30)27-13-16-28-14-7-8-15-28)18-23(20-9-5-4-6-10-20)29(19)21-11-12-24(31-2)25(17-21)32-3/h4-6,9-12,17-18H,7-8,13-16H2,1-3H3,(H,27,30). The number of ether oxygens (including phenoxy) is 2. The van der Waals surface area contributed by atoms with Crippen LogP contribution in [0.25, 0.3) is 16.9 Å². The highest BCUT2D eigenvalue weighted by Crippen LogP contribution is 2.34. The fraction of sp³-hybridized carbons (Fsp3) is 0.346. The molecular formula is C26H31N3O3. The Morgan fingerprint density at radius 3 is 2.38 bits per heavy atom. The second-order valence-electron chi connectivity index (χ2n) is 8.07. The number of amides is 1. The summed E-state index contributed by atoms with van der Waals surface area (Å²) in [7, 11) is 3.25. The van der Waals surface area contributed by atoms with Crippen LogP contribution in [0.4, 0.5) is 0 Å². The van der Waals surface area contributed by atoms with Crippen LogP contribution in [0.3, 0.4) is 0 Å². The molecule has 0 atom stereocenters. The van der Waals surface area contributed by atoms with E-state index in [2.05, 4.69) is 26.9 Å². The summed E-state index contributed by atoms with van der Waals surface area (Å²) in [4.78, 5) is 15.5. The maximum absolute atomic E-state index is 13.1. The highest BCUT2D eigenvalue weighted by atomic mass is 16.5. The van der Waals surface area contributed by atoms with Crippen molar-refractivity contribution in [3.8, 4) is 28.4 Å². The summed E-state index contributed by atoms with van der Waals surface area (Å²) in [5.41, 5.74) is 4.48. The molecule has 4 rings (SSSR count). The number of nitrogens with one attached hydrogen (secondary N) is 1. The molecule has 2 heterocycles. The third kappa shape index (κ3) is 4.50. The average Bonchev–Trinajstić information content (AvgIpc) is 3.47. The van der Waals surface area contributed by atoms with Crippen LogP contribution in [0.2, 0.25) is 0 Å². The average molecular weight is 434 g/mol. The number of likely N-dealkylation sites (tertiary alicyclic amines) is 1. The molecule has 32 heavy (non-hydrogen) atoms. The first-order valence-corrected chi connectivity index (χ1v) is 11.1. The Hall–Kier alpha value is -3.25. The number of carbonyl (C=O) groups is 1. The van der Waals surface area contributed by atoms with Gasteiger partial charge in [0, 0.05) is 30.5 Å². The topological polar surface area (TPSA) is 55.7 Å². The maximum Gasteiger partial charge on any atom is 0.253 e. The van der Waals surface area contributed by atoms with Gasteiger partial charge in [0.25, 0.3) is 5.91 Å². The molecule has 6 nitrogen and oxygen atoms in total. The molecule has 0 bridgehead atoms. The van der Waals surface area contributed by atoms with Gasteiger partial charge in [-0.15, -0.1) is 0 Å². The van der Waals surface area contributed by atoms with Crippen LogP contribution in [0.5, 0.6) is 11.5 Å². The molecule has 6 heteroatoms. The predicted octanol–water partition coefficient (Wildman–Crippen LogP) is 4.30. The fourth-order valence-electron chi connectivity index (χ4n) is 4.38. The third-order valence-electron chi connectivity index (χ3n) is 6.10. The molecule has 1 saturated heterocycles. The van der Waals surface area contributed by atoms with E-state index in [0.29, 0.717) is 23.6 Å². The van der Waals surface area contributed by atoms with Crippen LogP contribution >= 0.6 is 0 Å². The van der Waals surface area contributed by atoms with Gasteiger partial charge in [-0.2, -0.15) is 0 Å². The second kappa shape index (κ2) is 9.92. The van der Waals surface area contributed by atoms with Crippen molar-refractivity contribution < 1.29 is 14.3 Å². The van der Waals surface area contributed by atoms with Gasteiger partial charge in [0.05, 0.1) is 25.5 Å². The van der Waals surface area contributed by atoms with E-state index in [-0.39, 0.29) is 5.91 Å². The van der Waals surface area contributed by atoms with Crippen molar-refractivity contribution in [3.05, 3.63) is 65.9 Å². The van der Waals surface area contributed by atoms with E-state index >= 15 is 0 Å². The molecule has 2 aromatic carbocycles. The first kappa shape index (κ1) is 22.0. The first-order chi connectivity index (χ1) is 15.6. The highest BCUT2D eigenvalue weighted by Gasteiger charge is 2.21. The van der Waals surface area contributed by atoms with Gasteiger partial charge < -0.3 is 24.3 Å². The summed E-state index contributed by atoms with van der Waals surface area (Å²) in [6.45, 7) is 5.79. The van der Waals surface area contributed by atoms with Crippen LogP contribution in [0, 0.1) is 6.92 Å². The van der Waals surface area contributed by atoms with E-state index in [1.54, 1.807) is 14.2 Å². The van der Waals surface area contributed by atoms with Crippen LogP contribution < -0.4 is 14.8 Å². The summed E-state index contributed by atoms with van der Waals surface area (Å²) in [5.74, 6) is 1.27. The lowest BCUT2D eigenvalue weighted by atomic mass is 10.1. The van der Waals surface area contributed by atoms with Gasteiger partial charge in [-0.05, 0) is 56.6 Å². The van der Waals surface area contributed by atoms with Crippen molar-refractivity contribution in [3.63, 3.8) is 0 Å².